The normalized spacial score (nSPS) is 17.2. The van der Waals surface area contributed by atoms with Crippen LogP contribution in [-0.4, -0.2) is 63.0 Å². The molecular formula is C25H28N2O5. The standard InChI is InChI=1S/C25H28N2O5/c1-17-23(18-3-5-19(29-2)6-4-18)24(28)20-7-8-22-21(25(20)32-17)15-27(16-31-22)10-9-26-11-13-30-14-12-26/h3-8H,9-16H2,1-2H3. The number of hydrogen-bond acceptors (Lipinski definition) is 7. The number of morpholine rings is 1. The molecule has 0 spiro atoms. The van der Waals surface area contributed by atoms with Crippen LogP contribution in [0.4, 0.5) is 0 Å². The average Bonchev–Trinajstić information content (AvgIpc) is 2.83. The van der Waals surface area contributed by atoms with Crippen molar-refractivity contribution in [2.24, 2.45) is 0 Å². The van der Waals surface area contributed by atoms with E-state index in [9.17, 15) is 4.79 Å². The highest BCUT2D eigenvalue weighted by Crippen LogP contribution is 2.34. The van der Waals surface area contributed by atoms with Crippen molar-refractivity contribution < 1.29 is 18.6 Å². The van der Waals surface area contributed by atoms with Crippen molar-refractivity contribution in [1.29, 1.82) is 0 Å². The van der Waals surface area contributed by atoms with E-state index in [1.807, 2.05) is 43.3 Å². The van der Waals surface area contributed by atoms with E-state index in [2.05, 4.69) is 9.80 Å². The molecule has 1 aromatic heterocycles. The molecule has 7 heteroatoms. The van der Waals surface area contributed by atoms with E-state index < -0.39 is 0 Å². The predicted molar refractivity (Wildman–Crippen MR) is 122 cm³/mol. The summed E-state index contributed by atoms with van der Waals surface area (Å²) in [5, 5.41) is 0.582. The van der Waals surface area contributed by atoms with E-state index >= 15 is 0 Å². The lowest BCUT2D eigenvalue weighted by Gasteiger charge is -2.32. The minimum Gasteiger partial charge on any atom is -0.497 e. The molecule has 0 N–H and O–H groups in total. The lowest BCUT2D eigenvalue weighted by molar-refractivity contribution is 0.0241. The monoisotopic (exact) mass is 436 g/mol. The van der Waals surface area contributed by atoms with Crippen LogP contribution in [0.3, 0.4) is 0 Å². The first-order valence-electron chi connectivity index (χ1n) is 11.0. The van der Waals surface area contributed by atoms with Crippen molar-refractivity contribution in [3.8, 4) is 22.6 Å². The van der Waals surface area contributed by atoms with Crippen molar-refractivity contribution >= 4 is 11.0 Å². The average molecular weight is 437 g/mol. The number of hydrogen-bond donors (Lipinski definition) is 0. The summed E-state index contributed by atoms with van der Waals surface area (Å²) >= 11 is 0. The van der Waals surface area contributed by atoms with Gasteiger partial charge in [-0.2, -0.15) is 0 Å². The molecule has 0 amide bonds. The van der Waals surface area contributed by atoms with Crippen LogP contribution in [0.2, 0.25) is 0 Å². The Labute approximate surface area is 187 Å². The second kappa shape index (κ2) is 8.94. The summed E-state index contributed by atoms with van der Waals surface area (Å²) in [6.45, 7) is 8.47. The van der Waals surface area contributed by atoms with Crippen molar-refractivity contribution in [1.82, 2.24) is 9.80 Å². The summed E-state index contributed by atoms with van der Waals surface area (Å²) in [7, 11) is 1.63. The first kappa shape index (κ1) is 21.0. The van der Waals surface area contributed by atoms with Gasteiger partial charge in [-0.1, -0.05) is 12.1 Å². The Morgan fingerprint density at radius 2 is 1.75 bits per heavy atom. The molecule has 0 radical (unpaired) electrons. The Kier molecular flexibility index (Phi) is 5.87. The lowest BCUT2D eigenvalue weighted by atomic mass is 10.0. The van der Waals surface area contributed by atoms with E-state index in [1.165, 1.54) is 0 Å². The first-order valence-corrected chi connectivity index (χ1v) is 11.0. The van der Waals surface area contributed by atoms with E-state index in [4.69, 9.17) is 18.6 Å². The maximum atomic E-state index is 13.4. The molecule has 3 heterocycles. The third-order valence-corrected chi connectivity index (χ3v) is 6.30. The molecule has 7 nitrogen and oxygen atoms in total. The van der Waals surface area contributed by atoms with E-state index in [0.29, 0.717) is 35.6 Å². The maximum Gasteiger partial charge on any atom is 0.200 e. The Bertz CT molecular complexity index is 1170. The Hall–Kier alpha value is -2.87. The van der Waals surface area contributed by atoms with Gasteiger partial charge in [0.2, 0.25) is 5.43 Å². The fraction of sp³-hybridized carbons (Fsp3) is 0.400. The smallest absolute Gasteiger partial charge is 0.200 e. The van der Waals surface area contributed by atoms with Crippen LogP contribution < -0.4 is 14.9 Å². The minimum absolute atomic E-state index is 0.0258. The van der Waals surface area contributed by atoms with Gasteiger partial charge in [-0.25, -0.2) is 0 Å². The van der Waals surface area contributed by atoms with E-state index in [1.54, 1.807) is 7.11 Å². The zero-order valence-electron chi connectivity index (χ0n) is 18.6. The Balaban J connectivity index is 1.45. The number of fused-ring (bicyclic) bond motifs is 3. The lowest BCUT2D eigenvalue weighted by Crippen LogP contribution is -2.43. The van der Waals surface area contributed by atoms with Gasteiger partial charge in [0.1, 0.15) is 29.6 Å². The van der Waals surface area contributed by atoms with Crippen molar-refractivity contribution in [3.05, 3.63) is 57.9 Å². The molecule has 2 aliphatic heterocycles. The number of methoxy groups -OCH3 is 1. The summed E-state index contributed by atoms with van der Waals surface area (Å²) in [6.07, 6.45) is 0. The molecule has 2 aromatic carbocycles. The van der Waals surface area contributed by atoms with E-state index in [0.717, 1.165) is 62.0 Å². The van der Waals surface area contributed by atoms with Gasteiger partial charge in [-0.15, -0.1) is 0 Å². The maximum absolute atomic E-state index is 13.4. The second-order valence-corrected chi connectivity index (χ2v) is 8.29. The number of aryl methyl sites for hydroxylation is 1. The minimum atomic E-state index is -0.0258. The predicted octanol–water partition coefficient (Wildman–Crippen LogP) is 3.26. The highest BCUT2D eigenvalue weighted by molar-refractivity contribution is 5.86. The van der Waals surface area contributed by atoms with Crippen LogP contribution >= 0.6 is 0 Å². The number of benzene rings is 2. The van der Waals surface area contributed by atoms with Crippen LogP contribution in [0.5, 0.6) is 11.5 Å². The molecule has 1 saturated heterocycles. The topological polar surface area (TPSA) is 64.4 Å². The van der Waals surface area contributed by atoms with Gasteiger partial charge in [-0.05, 0) is 36.8 Å². The molecule has 0 atom stereocenters. The molecule has 0 saturated carbocycles. The number of ether oxygens (including phenoxy) is 3. The molecule has 0 aliphatic carbocycles. The van der Waals surface area contributed by atoms with Gasteiger partial charge in [-0.3, -0.25) is 14.6 Å². The molecule has 2 aliphatic rings. The fourth-order valence-electron chi connectivity index (χ4n) is 4.46. The summed E-state index contributed by atoms with van der Waals surface area (Å²) in [5.41, 5.74) is 2.94. The highest BCUT2D eigenvalue weighted by atomic mass is 16.5. The van der Waals surface area contributed by atoms with Gasteiger partial charge in [0, 0.05) is 32.7 Å². The Morgan fingerprint density at radius 3 is 2.50 bits per heavy atom. The van der Waals surface area contributed by atoms with Crippen molar-refractivity contribution in [2.75, 3.05) is 53.2 Å². The highest BCUT2D eigenvalue weighted by Gasteiger charge is 2.24. The summed E-state index contributed by atoms with van der Waals surface area (Å²) in [4.78, 5) is 18.1. The molecule has 32 heavy (non-hydrogen) atoms. The molecule has 0 unspecified atom stereocenters. The van der Waals surface area contributed by atoms with Crippen molar-refractivity contribution in [2.45, 2.75) is 13.5 Å². The number of nitrogens with zero attached hydrogens (tertiary/aromatic N) is 2. The van der Waals surface area contributed by atoms with Gasteiger partial charge < -0.3 is 18.6 Å². The summed E-state index contributed by atoms with van der Waals surface area (Å²) in [6, 6.07) is 11.2. The first-order chi connectivity index (χ1) is 15.6. The SMILES string of the molecule is COc1ccc(-c2c(C)oc3c4c(ccc3c2=O)OCN(CCN2CCOCC2)C4)cc1. The third kappa shape index (κ3) is 3.99. The quantitative estimate of drug-likeness (QED) is 0.608. The largest absolute Gasteiger partial charge is 0.497 e. The zero-order valence-corrected chi connectivity index (χ0v) is 18.6. The third-order valence-electron chi connectivity index (χ3n) is 6.30. The molecule has 1 fully saturated rings. The summed E-state index contributed by atoms with van der Waals surface area (Å²) < 4.78 is 22.9. The van der Waals surface area contributed by atoms with Crippen LogP contribution in [0.15, 0.2) is 45.6 Å². The van der Waals surface area contributed by atoms with Crippen LogP contribution in [0.1, 0.15) is 11.3 Å². The van der Waals surface area contributed by atoms with Gasteiger partial charge in [0.05, 0.1) is 36.8 Å². The van der Waals surface area contributed by atoms with Gasteiger partial charge in [0.15, 0.2) is 0 Å². The van der Waals surface area contributed by atoms with Crippen LogP contribution in [0.25, 0.3) is 22.1 Å². The molecule has 168 valence electrons. The Morgan fingerprint density at radius 1 is 1.00 bits per heavy atom. The fourth-order valence-corrected chi connectivity index (χ4v) is 4.46. The van der Waals surface area contributed by atoms with Crippen LogP contribution in [0, 0.1) is 6.92 Å². The van der Waals surface area contributed by atoms with Crippen LogP contribution in [-0.2, 0) is 11.3 Å². The molecule has 5 rings (SSSR count). The molecule has 3 aromatic rings. The number of rotatable bonds is 5. The molecule has 0 bridgehead atoms. The van der Waals surface area contributed by atoms with E-state index in [-0.39, 0.29) is 5.43 Å². The second-order valence-electron chi connectivity index (χ2n) is 8.29. The van der Waals surface area contributed by atoms with Crippen molar-refractivity contribution in [3.63, 3.8) is 0 Å². The molecular weight excluding hydrogens is 408 g/mol. The van der Waals surface area contributed by atoms with Gasteiger partial charge >= 0.3 is 0 Å². The zero-order chi connectivity index (χ0) is 22.1. The van der Waals surface area contributed by atoms with Gasteiger partial charge in [0.25, 0.3) is 0 Å². The summed E-state index contributed by atoms with van der Waals surface area (Å²) in [5.74, 6) is 2.14.